The zero-order chi connectivity index (χ0) is 11.1. The second kappa shape index (κ2) is 6.53. The molecule has 3 heteroatoms. The van der Waals surface area contributed by atoms with Crippen molar-refractivity contribution >= 4 is 0 Å². The van der Waals surface area contributed by atoms with Crippen LogP contribution in [0.2, 0.25) is 0 Å². The number of likely N-dealkylation sites (N-methyl/N-ethyl adjacent to an activating group) is 1. The molecule has 1 heterocycles. The second-order valence-electron chi connectivity index (χ2n) is 3.95. The van der Waals surface area contributed by atoms with Crippen molar-refractivity contribution in [3.63, 3.8) is 0 Å². The van der Waals surface area contributed by atoms with Crippen LogP contribution in [-0.2, 0) is 6.54 Å². The van der Waals surface area contributed by atoms with Crippen molar-refractivity contribution in [2.45, 2.75) is 32.4 Å². The van der Waals surface area contributed by atoms with Gasteiger partial charge in [0.2, 0.25) is 0 Å². The summed E-state index contributed by atoms with van der Waals surface area (Å²) in [7, 11) is 2.13. The number of aromatic nitrogens is 1. The zero-order valence-corrected chi connectivity index (χ0v) is 9.69. The summed E-state index contributed by atoms with van der Waals surface area (Å²) in [6.45, 7) is 3.85. The number of nitrogens with two attached hydrogens (primary N) is 1. The number of rotatable bonds is 6. The first-order valence-corrected chi connectivity index (χ1v) is 5.57. The molecule has 0 saturated heterocycles. The third-order valence-corrected chi connectivity index (χ3v) is 2.67. The van der Waals surface area contributed by atoms with Crippen LogP contribution in [0.5, 0.6) is 0 Å². The van der Waals surface area contributed by atoms with Gasteiger partial charge >= 0.3 is 0 Å². The van der Waals surface area contributed by atoms with Crippen molar-refractivity contribution < 1.29 is 0 Å². The quantitative estimate of drug-likeness (QED) is 0.771. The summed E-state index contributed by atoms with van der Waals surface area (Å²) in [6.07, 6.45) is 6.05. The van der Waals surface area contributed by atoms with Crippen molar-refractivity contribution in [1.82, 2.24) is 9.88 Å². The molecule has 0 aromatic carbocycles. The monoisotopic (exact) mass is 207 g/mol. The predicted octanol–water partition coefficient (Wildman–Crippen LogP) is 1.64. The van der Waals surface area contributed by atoms with Crippen LogP contribution in [-0.4, -0.2) is 29.5 Å². The van der Waals surface area contributed by atoms with Crippen LogP contribution in [0.3, 0.4) is 0 Å². The fourth-order valence-corrected chi connectivity index (χ4v) is 1.76. The fraction of sp³-hybridized carbons (Fsp3) is 0.583. The Balaban J connectivity index is 2.50. The number of pyridine rings is 1. The normalized spacial score (nSPS) is 13.1. The first-order valence-electron chi connectivity index (χ1n) is 5.57. The smallest absolute Gasteiger partial charge is 0.0312 e. The average Bonchev–Trinajstić information content (AvgIpc) is 2.27. The molecule has 84 valence electrons. The van der Waals surface area contributed by atoms with Crippen LogP contribution in [0.15, 0.2) is 24.5 Å². The summed E-state index contributed by atoms with van der Waals surface area (Å²) in [4.78, 5) is 6.42. The van der Waals surface area contributed by atoms with Gasteiger partial charge in [-0.1, -0.05) is 19.4 Å². The fourth-order valence-electron chi connectivity index (χ4n) is 1.76. The summed E-state index contributed by atoms with van der Waals surface area (Å²) < 4.78 is 0. The summed E-state index contributed by atoms with van der Waals surface area (Å²) >= 11 is 0. The Hall–Kier alpha value is -0.930. The first-order chi connectivity index (χ1) is 7.27. The molecule has 1 rings (SSSR count). The van der Waals surface area contributed by atoms with E-state index in [9.17, 15) is 0 Å². The summed E-state index contributed by atoms with van der Waals surface area (Å²) in [5.74, 6) is 0. The lowest BCUT2D eigenvalue weighted by Gasteiger charge is -2.26. The van der Waals surface area contributed by atoms with Crippen LogP contribution in [0.1, 0.15) is 25.3 Å². The lowest BCUT2D eigenvalue weighted by molar-refractivity contribution is 0.226. The number of hydrogen-bond acceptors (Lipinski definition) is 3. The molecule has 0 aliphatic carbocycles. The highest BCUT2D eigenvalue weighted by Crippen LogP contribution is 2.08. The molecule has 0 bridgehead atoms. The van der Waals surface area contributed by atoms with Crippen molar-refractivity contribution in [2.24, 2.45) is 5.73 Å². The molecule has 0 radical (unpaired) electrons. The van der Waals surface area contributed by atoms with E-state index >= 15 is 0 Å². The van der Waals surface area contributed by atoms with Crippen LogP contribution in [0.4, 0.5) is 0 Å². The van der Waals surface area contributed by atoms with E-state index in [1.807, 2.05) is 12.3 Å². The number of hydrogen-bond donors (Lipinski definition) is 1. The topological polar surface area (TPSA) is 42.1 Å². The number of nitrogens with zero attached hydrogens (tertiary/aromatic N) is 2. The average molecular weight is 207 g/mol. The maximum atomic E-state index is 5.76. The van der Waals surface area contributed by atoms with Crippen molar-refractivity contribution in [3.05, 3.63) is 30.1 Å². The standard InChI is InChI=1S/C12H21N3/c1-3-5-12(8-13)15(2)10-11-6-4-7-14-9-11/h4,6-7,9,12H,3,5,8,10,13H2,1-2H3. The van der Waals surface area contributed by atoms with Gasteiger partial charge in [-0.05, 0) is 25.1 Å². The summed E-state index contributed by atoms with van der Waals surface area (Å²) in [5, 5.41) is 0. The molecule has 0 amide bonds. The Kier molecular flexibility index (Phi) is 5.29. The Labute approximate surface area is 92.3 Å². The highest BCUT2D eigenvalue weighted by molar-refractivity contribution is 5.08. The van der Waals surface area contributed by atoms with Gasteiger partial charge in [0.25, 0.3) is 0 Å². The molecule has 0 aliphatic rings. The van der Waals surface area contributed by atoms with Crippen LogP contribution in [0, 0.1) is 0 Å². The zero-order valence-electron chi connectivity index (χ0n) is 9.69. The Morgan fingerprint density at radius 1 is 1.53 bits per heavy atom. The molecule has 15 heavy (non-hydrogen) atoms. The van der Waals surface area contributed by atoms with Gasteiger partial charge in [-0.2, -0.15) is 0 Å². The Morgan fingerprint density at radius 2 is 2.33 bits per heavy atom. The second-order valence-corrected chi connectivity index (χ2v) is 3.95. The van der Waals surface area contributed by atoms with Crippen LogP contribution < -0.4 is 5.73 Å². The summed E-state index contributed by atoms with van der Waals surface area (Å²) in [6, 6.07) is 4.55. The van der Waals surface area contributed by atoms with Gasteiger partial charge in [-0.15, -0.1) is 0 Å². The molecule has 1 aromatic rings. The molecule has 0 aliphatic heterocycles. The molecule has 0 saturated carbocycles. The maximum Gasteiger partial charge on any atom is 0.0312 e. The highest BCUT2D eigenvalue weighted by atomic mass is 15.1. The van der Waals surface area contributed by atoms with E-state index in [1.54, 1.807) is 6.20 Å². The molecular formula is C12H21N3. The van der Waals surface area contributed by atoms with Gasteiger partial charge < -0.3 is 5.73 Å². The van der Waals surface area contributed by atoms with Crippen molar-refractivity contribution in [1.29, 1.82) is 0 Å². The molecular weight excluding hydrogens is 186 g/mol. The van der Waals surface area contributed by atoms with Gasteiger partial charge in [-0.3, -0.25) is 9.88 Å². The van der Waals surface area contributed by atoms with Gasteiger partial charge in [0.05, 0.1) is 0 Å². The lowest BCUT2D eigenvalue weighted by atomic mass is 10.1. The maximum absolute atomic E-state index is 5.76. The van der Waals surface area contributed by atoms with E-state index in [-0.39, 0.29) is 0 Å². The third-order valence-electron chi connectivity index (χ3n) is 2.67. The van der Waals surface area contributed by atoms with E-state index in [0.29, 0.717) is 6.04 Å². The first kappa shape index (κ1) is 12.1. The molecule has 0 spiro atoms. The largest absolute Gasteiger partial charge is 0.329 e. The Bertz CT molecular complexity index is 261. The van der Waals surface area contributed by atoms with Crippen LogP contribution >= 0.6 is 0 Å². The minimum absolute atomic E-state index is 0.482. The van der Waals surface area contributed by atoms with E-state index < -0.39 is 0 Å². The van der Waals surface area contributed by atoms with E-state index in [2.05, 4.69) is 29.9 Å². The van der Waals surface area contributed by atoms with Gasteiger partial charge in [-0.25, -0.2) is 0 Å². The third kappa shape index (κ3) is 3.98. The van der Waals surface area contributed by atoms with E-state index in [0.717, 1.165) is 19.5 Å². The summed E-state index contributed by atoms with van der Waals surface area (Å²) in [5.41, 5.74) is 7.00. The van der Waals surface area contributed by atoms with E-state index in [4.69, 9.17) is 5.73 Å². The van der Waals surface area contributed by atoms with E-state index in [1.165, 1.54) is 12.0 Å². The van der Waals surface area contributed by atoms with Gasteiger partial charge in [0.1, 0.15) is 0 Å². The molecule has 3 nitrogen and oxygen atoms in total. The lowest BCUT2D eigenvalue weighted by Crippen LogP contribution is -2.37. The minimum Gasteiger partial charge on any atom is -0.329 e. The van der Waals surface area contributed by atoms with Gasteiger partial charge in [0, 0.05) is 31.5 Å². The Morgan fingerprint density at radius 3 is 2.87 bits per heavy atom. The van der Waals surface area contributed by atoms with Crippen LogP contribution in [0.25, 0.3) is 0 Å². The van der Waals surface area contributed by atoms with Gasteiger partial charge in [0.15, 0.2) is 0 Å². The highest BCUT2D eigenvalue weighted by Gasteiger charge is 2.11. The molecule has 1 unspecified atom stereocenters. The SMILES string of the molecule is CCCC(CN)N(C)Cc1cccnc1. The predicted molar refractivity (Wildman–Crippen MR) is 63.5 cm³/mol. The molecule has 0 fully saturated rings. The van der Waals surface area contributed by atoms with Crippen molar-refractivity contribution in [3.8, 4) is 0 Å². The molecule has 2 N–H and O–H groups in total. The molecule has 1 aromatic heterocycles. The minimum atomic E-state index is 0.482. The molecule has 1 atom stereocenters. The van der Waals surface area contributed by atoms with Crippen molar-refractivity contribution in [2.75, 3.05) is 13.6 Å².